The zero-order valence-electron chi connectivity index (χ0n) is 11.4. The molecule has 1 fully saturated rings. The summed E-state index contributed by atoms with van der Waals surface area (Å²) in [6.45, 7) is 0.399. The van der Waals surface area contributed by atoms with Crippen molar-refractivity contribution < 1.29 is 9.53 Å². The Morgan fingerprint density at radius 1 is 1.42 bits per heavy atom. The van der Waals surface area contributed by atoms with Crippen molar-refractivity contribution in [3.63, 3.8) is 0 Å². The van der Waals surface area contributed by atoms with Crippen molar-refractivity contribution in [3.05, 3.63) is 35.9 Å². The normalized spacial score (nSPS) is 18.4. The lowest BCUT2D eigenvalue weighted by Crippen LogP contribution is -2.45. The first-order chi connectivity index (χ1) is 9.19. The SMILES string of the molecule is COC1(CC(=O)NC(CN)c2ccccc2)CCC1. The van der Waals surface area contributed by atoms with Crippen LogP contribution in [0, 0.1) is 0 Å². The molecule has 0 saturated heterocycles. The minimum Gasteiger partial charge on any atom is -0.378 e. The van der Waals surface area contributed by atoms with Gasteiger partial charge in [-0.3, -0.25) is 4.79 Å². The Morgan fingerprint density at radius 2 is 2.11 bits per heavy atom. The summed E-state index contributed by atoms with van der Waals surface area (Å²) in [6, 6.07) is 9.69. The number of rotatable bonds is 6. The van der Waals surface area contributed by atoms with Gasteiger partial charge in [-0.05, 0) is 24.8 Å². The summed E-state index contributed by atoms with van der Waals surface area (Å²) in [5, 5.41) is 3.00. The fourth-order valence-electron chi connectivity index (χ4n) is 2.53. The Morgan fingerprint density at radius 3 is 2.58 bits per heavy atom. The summed E-state index contributed by atoms with van der Waals surface area (Å²) < 4.78 is 5.47. The van der Waals surface area contributed by atoms with E-state index in [1.165, 1.54) is 0 Å². The van der Waals surface area contributed by atoms with E-state index >= 15 is 0 Å². The van der Waals surface area contributed by atoms with Crippen molar-refractivity contribution in [1.82, 2.24) is 5.32 Å². The van der Waals surface area contributed by atoms with Crippen LogP contribution in [-0.2, 0) is 9.53 Å². The maximum atomic E-state index is 12.1. The molecule has 1 aliphatic carbocycles. The van der Waals surface area contributed by atoms with Crippen LogP contribution in [0.5, 0.6) is 0 Å². The Labute approximate surface area is 114 Å². The van der Waals surface area contributed by atoms with Crippen molar-refractivity contribution in [2.45, 2.75) is 37.3 Å². The quantitative estimate of drug-likeness (QED) is 0.821. The highest BCUT2D eigenvalue weighted by Crippen LogP contribution is 2.38. The van der Waals surface area contributed by atoms with E-state index in [0.29, 0.717) is 13.0 Å². The third kappa shape index (κ3) is 3.33. The molecular weight excluding hydrogens is 240 g/mol. The smallest absolute Gasteiger partial charge is 0.223 e. The molecule has 3 N–H and O–H groups in total. The van der Waals surface area contributed by atoms with Crippen LogP contribution in [0.2, 0.25) is 0 Å². The number of hydrogen-bond donors (Lipinski definition) is 2. The molecule has 1 aliphatic rings. The van der Waals surface area contributed by atoms with E-state index in [9.17, 15) is 4.79 Å². The minimum atomic E-state index is -0.236. The summed E-state index contributed by atoms with van der Waals surface area (Å²) in [7, 11) is 1.68. The van der Waals surface area contributed by atoms with E-state index in [1.807, 2.05) is 30.3 Å². The van der Waals surface area contributed by atoms with Crippen molar-refractivity contribution in [2.75, 3.05) is 13.7 Å². The highest BCUT2D eigenvalue weighted by Gasteiger charge is 2.39. The van der Waals surface area contributed by atoms with Crippen LogP contribution in [0.25, 0.3) is 0 Å². The second kappa shape index (κ2) is 6.17. The van der Waals surface area contributed by atoms with Gasteiger partial charge in [0.15, 0.2) is 0 Å². The molecular formula is C15H22N2O2. The van der Waals surface area contributed by atoms with Gasteiger partial charge in [-0.2, -0.15) is 0 Å². The Balaban J connectivity index is 1.93. The maximum absolute atomic E-state index is 12.1. The molecule has 4 heteroatoms. The van der Waals surface area contributed by atoms with Crippen LogP contribution in [0.4, 0.5) is 0 Å². The van der Waals surface area contributed by atoms with Crippen molar-refractivity contribution in [3.8, 4) is 0 Å². The van der Waals surface area contributed by atoms with Gasteiger partial charge in [0.1, 0.15) is 0 Å². The fraction of sp³-hybridized carbons (Fsp3) is 0.533. The molecule has 1 aromatic rings. The molecule has 1 atom stereocenters. The van der Waals surface area contributed by atoms with Gasteiger partial charge >= 0.3 is 0 Å². The molecule has 1 amide bonds. The van der Waals surface area contributed by atoms with E-state index in [0.717, 1.165) is 24.8 Å². The molecule has 0 radical (unpaired) electrons. The number of carbonyl (C=O) groups is 1. The first kappa shape index (κ1) is 14.0. The summed E-state index contributed by atoms with van der Waals surface area (Å²) in [4.78, 5) is 12.1. The van der Waals surface area contributed by atoms with E-state index in [4.69, 9.17) is 10.5 Å². The number of hydrogen-bond acceptors (Lipinski definition) is 3. The van der Waals surface area contributed by atoms with Gasteiger partial charge in [0.05, 0.1) is 18.1 Å². The zero-order valence-corrected chi connectivity index (χ0v) is 11.4. The van der Waals surface area contributed by atoms with Crippen LogP contribution in [-0.4, -0.2) is 25.2 Å². The monoisotopic (exact) mass is 262 g/mol. The molecule has 104 valence electrons. The molecule has 4 nitrogen and oxygen atoms in total. The van der Waals surface area contributed by atoms with Gasteiger partial charge in [0.2, 0.25) is 5.91 Å². The lowest BCUT2D eigenvalue weighted by molar-refractivity contribution is -0.134. The van der Waals surface area contributed by atoms with Gasteiger partial charge in [-0.1, -0.05) is 30.3 Å². The average molecular weight is 262 g/mol. The number of methoxy groups -OCH3 is 1. The van der Waals surface area contributed by atoms with E-state index in [2.05, 4.69) is 5.32 Å². The standard InChI is InChI=1S/C15H22N2O2/c1-19-15(8-5-9-15)10-14(18)17-13(11-16)12-6-3-2-4-7-12/h2-4,6-7,13H,5,8-11,16H2,1H3,(H,17,18). The topological polar surface area (TPSA) is 64.3 Å². The average Bonchev–Trinajstić information content (AvgIpc) is 2.41. The largest absolute Gasteiger partial charge is 0.378 e. The van der Waals surface area contributed by atoms with Gasteiger partial charge in [0.25, 0.3) is 0 Å². The highest BCUT2D eigenvalue weighted by molar-refractivity contribution is 5.77. The second-order valence-corrected chi connectivity index (χ2v) is 5.18. The maximum Gasteiger partial charge on any atom is 0.223 e. The second-order valence-electron chi connectivity index (χ2n) is 5.18. The Kier molecular flexibility index (Phi) is 4.56. The molecule has 0 spiro atoms. The lowest BCUT2D eigenvalue weighted by atomic mass is 9.77. The number of amides is 1. The number of nitrogens with one attached hydrogen (secondary N) is 1. The van der Waals surface area contributed by atoms with E-state index in [1.54, 1.807) is 7.11 Å². The molecule has 1 unspecified atom stereocenters. The van der Waals surface area contributed by atoms with Gasteiger partial charge in [-0.25, -0.2) is 0 Å². The van der Waals surface area contributed by atoms with Crippen LogP contribution in [0.15, 0.2) is 30.3 Å². The Bertz CT molecular complexity index is 410. The predicted octanol–water partition coefficient (Wildman–Crippen LogP) is 1.76. The molecule has 1 saturated carbocycles. The van der Waals surface area contributed by atoms with Crippen LogP contribution < -0.4 is 11.1 Å². The van der Waals surface area contributed by atoms with E-state index in [-0.39, 0.29) is 17.6 Å². The van der Waals surface area contributed by atoms with Crippen molar-refractivity contribution in [1.29, 1.82) is 0 Å². The third-order valence-electron chi connectivity index (χ3n) is 3.95. The van der Waals surface area contributed by atoms with E-state index < -0.39 is 0 Å². The summed E-state index contributed by atoms with van der Waals surface area (Å²) in [6.07, 6.45) is 3.50. The third-order valence-corrected chi connectivity index (χ3v) is 3.95. The molecule has 0 aliphatic heterocycles. The van der Waals surface area contributed by atoms with Crippen molar-refractivity contribution >= 4 is 5.91 Å². The lowest BCUT2D eigenvalue weighted by Gasteiger charge is -2.40. The van der Waals surface area contributed by atoms with Crippen molar-refractivity contribution in [2.24, 2.45) is 5.73 Å². The molecule has 19 heavy (non-hydrogen) atoms. The van der Waals surface area contributed by atoms with Crippen LogP contribution in [0.1, 0.15) is 37.3 Å². The Hall–Kier alpha value is -1.39. The van der Waals surface area contributed by atoms with Gasteiger partial charge in [0, 0.05) is 13.7 Å². The van der Waals surface area contributed by atoms with Gasteiger partial charge in [-0.15, -0.1) is 0 Å². The molecule has 0 bridgehead atoms. The van der Waals surface area contributed by atoms with Crippen LogP contribution >= 0.6 is 0 Å². The summed E-state index contributed by atoms with van der Waals surface area (Å²) in [5.41, 5.74) is 6.55. The minimum absolute atomic E-state index is 0.0147. The first-order valence-electron chi connectivity index (χ1n) is 6.79. The first-order valence-corrected chi connectivity index (χ1v) is 6.79. The van der Waals surface area contributed by atoms with Crippen LogP contribution in [0.3, 0.4) is 0 Å². The zero-order chi connectivity index (χ0) is 13.7. The molecule has 2 rings (SSSR count). The number of ether oxygens (including phenoxy) is 1. The number of benzene rings is 1. The summed E-state index contributed by atoms with van der Waals surface area (Å²) >= 11 is 0. The number of carbonyl (C=O) groups excluding carboxylic acids is 1. The highest BCUT2D eigenvalue weighted by atomic mass is 16.5. The molecule has 1 aromatic carbocycles. The molecule has 0 aromatic heterocycles. The predicted molar refractivity (Wildman–Crippen MR) is 74.6 cm³/mol. The fourth-order valence-corrected chi connectivity index (χ4v) is 2.53. The van der Waals surface area contributed by atoms with Gasteiger partial charge < -0.3 is 15.8 Å². The molecule has 0 heterocycles. The number of nitrogens with two attached hydrogens (primary N) is 1. The summed E-state index contributed by atoms with van der Waals surface area (Å²) in [5.74, 6) is 0.0147.